The molecule has 0 aromatic carbocycles. The van der Waals surface area contributed by atoms with Crippen LogP contribution < -0.4 is 16.6 Å². The molecule has 7 heteroatoms. The third-order valence-electron chi connectivity index (χ3n) is 2.13. The van der Waals surface area contributed by atoms with Gasteiger partial charge >= 0.3 is 0 Å². The molecule has 0 fully saturated rings. The van der Waals surface area contributed by atoms with E-state index >= 15 is 0 Å². The Morgan fingerprint density at radius 3 is 2.82 bits per heavy atom. The molecule has 0 aliphatic heterocycles. The number of carbonyl (C=O) groups excluding carboxylic acids is 1. The van der Waals surface area contributed by atoms with E-state index in [0.29, 0.717) is 23.1 Å². The Hall–Kier alpha value is -0.850. The second kappa shape index (κ2) is 7.47. The standard InChI is InChI=1S/C10H14BrN3O2.ClH/c1-6(3-12)4-13-9(15)7-2-8(11)10(16)14-5-7;/h2,5-6H,3-4,12H2,1H3,(H,13,15)(H,14,16);1H. The highest BCUT2D eigenvalue weighted by molar-refractivity contribution is 9.10. The van der Waals surface area contributed by atoms with Gasteiger partial charge in [0.15, 0.2) is 0 Å². The summed E-state index contributed by atoms with van der Waals surface area (Å²) in [7, 11) is 0. The molecule has 1 aromatic rings. The molecule has 1 rings (SSSR count). The van der Waals surface area contributed by atoms with Gasteiger partial charge in [-0.15, -0.1) is 12.4 Å². The number of aromatic amines is 1. The first kappa shape index (κ1) is 16.1. The van der Waals surface area contributed by atoms with Gasteiger partial charge in [0.1, 0.15) is 0 Å². The van der Waals surface area contributed by atoms with Crippen molar-refractivity contribution in [2.24, 2.45) is 11.7 Å². The zero-order chi connectivity index (χ0) is 12.1. The number of nitrogens with one attached hydrogen (secondary N) is 2. The van der Waals surface area contributed by atoms with Gasteiger partial charge in [-0.05, 0) is 34.5 Å². The first-order chi connectivity index (χ1) is 7.54. The van der Waals surface area contributed by atoms with Crippen LogP contribution in [0.4, 0.5) is 0 Å². The van der Waals surface area contributed by atoms with E-state index in [2.05, 4.69) is 26.2 Å². The first-order valence-electron chi connectivity index (χ1n) is 4.91. The van der Waals surface area contributed by atoms with Crippen molar-refractivity contribution in [3.8, 4) is 0 Å². The van der Waals surface area contributed by atoms with Crippen LogP contribution in [-0.4, -0.2) is 24.0 Å². The van der Waals surface area contributed by atoms with Gasteiger partial charge in [0.2, 0.25) is 0 Å². The van der Waals surface area contributed by atoms with Gasteiger partial charge < -0.3 is 16.0 Å². The smallest absolute Gasteiger partial charge is 0.262 e. The number of H-pyrrole nitrogens is 1. The highest BCUT2D eigenvalue weighted by atomic mass is 79.9. The molecule has 1 atom stereocenters. The van der Waals surface area contributed by atoms with Crippen LogP contribution in [0.25, 0.3) is 0 Å². The lowest BCUT2D eigenvalue weighted by molar-refractivity contribution is 0.0948. The van der Waals surface area contributed by atoms with Crippen molar-refractivity contribution in [1.29, 1.82) is 0 Å². The minimum atomic E-state index is -0.258. The molecule has 0 radical (unpaired) electrons. The minimum Gasteiger partial charge on any atom is -0.352 e. The number of halogens is 2. The first-order valence-corrected chi connectivity index (χ1v) is 5.70. The number of hydrogen-bond acceptors (Lipinski definition) is 3. The molecular weight excluding hydrogens is 309 g/mol. The fourth-order valence-corrected chi connectivity index (χ4v) is 1.40. The third kappa shape index (κ3) is 4.89. The number of nitrogens with two attached hydrogens (primary N) is 1. The minimum absolute atomic E-state index is 0. The monoisotopic (exact) mass is 323 g/mol. The summed E-state index contributed by atoms with van der Waals surface area (Å²) < 4.78 is 0.340. The van der Waals surface area contributed by atoms with E-state index in [9.17, 15) is 9.59 Å². The average molecular weight is 325 g/mol. The fraction of sp³-hybridized carbons (Fsp3) is 0.400. The van der Waals surface area contributed by atoms with Gasteiger partial charge in [0.05, 0.1) is 10.0 Å². The molecule has 1 aromatic heterocycles. The molecule has 0 bridgehead atoms. The van der Waals surface area contributed by atoms with Crippen LogP contribution in [-0.2, 0) is 0 Å². The predicted octanol–water partition coefficient (Wildman–Crippen LogP) is 0.884. The summed E-state index contributed by atoms with van der Waals surface area (Å²) in [6, 6.07) is 1.49. The van der Waals surface area contributed by atoms with Crippen LogP contribution in [0.2, 0.25) is 0 Å². The van der Waals surface area contributed by atoms with Crippen LogP contribution >= 0.6 is 28.3 Å². The fourth-order valence-electron chi connectivity index (χ4n) is 1.04. The summed E-state index contributed by atoms with van der Waals surface area (Å²) in [5, 5.41) is 2.73. The van der Waals surface area contributed by atoms with Crippen molar-refractivity contribution in [3.05, 3.63) is 32.7 Å². The normalized spacial score (nSPS) is 11.5. The Kier molecular flexibility index (Phi) is 7.10. The molecule has 0 aliphatic carbocycles. The van der Waals surface area contributed by atoms with Crippen LogP contribution in [0, 0.1) is 5.92 Å². The summed E-state index contributed by atoms with van der Waals surface area (Å²) in [6.45, 7) is 2.99. The Morgan fingerprint density at radius 2 is 2.29 bits per heavy atom. The zero-order valence-corrected chi connectivity index (χ0v) is 11.7. The van der Waals surface area contributed by atoms with Gasteiger partial charge in [-0.3, -0.25) is 9.59 Å². The summed E-state index contributed by atoms with van der Waals surface area (Å²) in [4.78, 5) is 25.2. The number of hydrogen-bond donors (Lipinski definition) is 3. The zero-order valence-electron chi connectivity index (χ0n) is 9.33. The number of amides is 1. The number of pyridine rings is 1. The van der Waals surface area contributed by atoms with E-state index in [0.717, 1.165) is 0 Å². The van der Waals surface area contributed by atoms with Gasteiger partial charge in [0, 0.05) is 12.7 Å². The second-order valence-electron chi connectivity index (χ2n) is 3.62. The highest BCUT2D eigenvalue weighted by Gasteiger charge is 2.08. The average Bonchev–Trinajstić information content (AvgIpc) is 2.29. The summed E-state index contributed by atoms with van der Waals surface area (Å²) >= 11 is 3.06. The van der Waals surface area contributed by atoms with Gasteiger partial charge in [-0.1, -0.05) is 6.92 Å². The lowest BCUT2D eigenvalue weighted by atomic mass is 10.2. The Labute approximate surface area is 114 Å². The quantitative estimate of drug-likeness (QED) is 0.768. The topological polar surface area (TPSA) is 88.0 Å². The van der Waals surface area contributed by atoms with Crippen molar-refractivity contribution >= 4 is 34.2 Å². The van der Waals surface area contributed by atoms with E-state index in [1.165, 1.54) is 12.3 Å². The van der Waals surface area contributed by atoms with E-state index in [-0.39, 0.29) is 29.8 Å². The van der Waals surface area contributed by atoms with Crippen LogP contribution in [0.1, 0.15) is 17.3 Å². The molecule has 0 spiro atoms. The van der Waals surface area contributed by atoms with Crippen molar-refractivity contribution in [1.82, 2.24) is 10.3 Å². The maximum absolute atomic E-state index is 11.6. The Bertz CT molecular complexity index is 436. The van der Waals surface area contributed by atoms with Gasteiger partial charge in [-0.25, -0.2) is 0 Å². The highest BCUT2D eigenvalue weighted by Crippen LogP contribution is 2.05. The SMILES string of the molecule is CC(CN)CNC(=O)c1c[nH]c(=O)c(Br)c1.Cl. The molecule has 0 aliphatic rings. The lowest BCUT2D eigenvalue weighted by Crippen LogP contribution is -2.31. The molecular formula is C10H15BrClN3O2. The summed E-state index contributed by atoms with van der Waals surface area (Å²) in [5.74, 6) is 0.00685. The molecule has 4 N–H and O–H groups in total. The molecule has 1 amide bonds. The van der Waals surface area contributed by atoms with Crippen LogP contribution in [0.5, 0.6) is 0 Å². The summed E-state index contributed by atoms with van der Waals surface area (Å²) in [6.07, 6.45) is 1.38. The third-order valence-corrected chi connectivity index (χ3v) is 2.72. The largest absolute Gasteiger partial charge is 0.352 e. The lowest BCUT2D eigenvalue weighted by Gasteiger charge is -2.09. The molecule has 0 saturated heterocycles. The summed E-state index contributed by atoms with van der Waals surface area (Å²) in [5.41, 5.74) is 5.59. The second-order valence-corrected chi connectivity index (χ2v) is 4.47. The van der Waals surface area contributed by atoms with Crippen molar-refractivity contribution < 1.29 is 4.79 Å². The Balaban J connectivity index is 0.00000256. The number of carbonyl (C=O) groups is 1. The predicted molar refractivity (Wildman–Crippen MR) is 72.6 cm³/mol. The van der Waals surface area contributed by atoms with E-state index in [1.54, 1.807) is 0 Å². The molecule has 0 saturated carbocycles. The molecule has 17 heavy (non-hydrogen) atoms. The van der Waals surface area contributed by atoms with Crippen LogP contribution in [0.3, 0.4) is 0 Å². The molecule has 1 unspecified atom stereocenters. The maximum Gasteiger partial charge on any atom is 0.262 e. The van der Waals surface area contributed by atoms with Crippen molar-refractivity contribution in [2.75, 3.05) is 13.1 Å². The van der Waals surface area contributed by atoms with E-state index in [1.807, 2.05) is 6.92 Å². The van der Waals surface area contributed by atoms with Crippen LogP contribution in [0.15, 0.2) is 21.5 Å². The van der Waals surface area contributed by atoms with E-state index in [4.69, 9.17) is 5.73 Å². The maximum atomic E-state index is 11.6. The van der Waals surface area contributed by atoms with Gasteiger partial charge in [-0.2, -0.15) is 0 Å². The molecule has 1 heterocycles. The Morgan fingerprint density at radius 1 is 1.65 bits per heavy atom. The van der Waals surface area contributed by atoms with Crippen molar-refractivity contribution in [2.45, 2.75) is 6.92 Å². The molecule has 5 nitrogen and oxygen atoms in total. The van der Waals surface area contributed by atoms with Crippen molar-refractivity contribution in [3.63, 3.8) is 0 Å². The van der Waals surface area contributed by atoms with Gasteiger partial charge in [0.25, 0.3) is 11.5 Å². The number of aromatic nitrogens is 1. The molecule has 96 valence electrons. The number of rotatable bonds is 4. The van der Waals surface area contributed by atoms with E-state index < -0.39 is 0 Å².